The van der Waals surface area contributed by atoms with Gasteiger partial charge in [0.2, 0.25) is 11.1 Å². The van der Waals surface area contributed by atoms with Crippen molar-refractivity contribution in [3.8, 4) is 5.75 Å². The number of thioether (sulfide) groups is 1. The lowest BCUT2D eigenvalue weighted by Gasteiger charge is -2.03. The van der Waals surface area contributed by atoms with Crippen molar-refractivity contribution in [2.75, 3.05) is 18.2 Å². The second-order valence-electron chi connectivity index (χ2n) is 5.54. The average Bonchev–Trinajstić information content (AvgIpc) is 3.35. The van der Waals surface area contributed by atoms with Crippen molar-refractivity contribution in [1.29, 1.82) is 0 Å². The standard InChI is InChI=1S/C17H16ClN5O4S2/c1-26-15(25)6-11-8-28-16(19-11)21-14(24)9-29-17-20-13(22-23-17)7-27-12-4-2-10(18)3-5-12/h2-5,8H,6-7,9H2,1H3,(H,19,21,24)(H,20,22,23). The van der Waals surface area contributed by atoms with Gasteiger partial charge >= 0.3 is 5.97 Å². The number of ether oxygens (including phenoxy) is 2. The Hall–Kier alpha value is -2.63. The summed E-state index contributed by atoms with van der Waals surface area (Å²) < 4.78 is 10.2. The Morgan fingerprint density at radius 3 is 2.83 bits per heavy atom. The highest BCUT2D eigenvalue weighted by Crippen LogP contribution is 2.19. The summed E-state index contributed by atoms with van der Waals surface area (Å²) in [4.78, 5) is 31.7. The van der Waals surface area contributed by atoms with E-state index in [4.69, 9.17) is 16.3 Å². The molecular formula is C17H16ClN5O4S2. The van der Waals surface area contributed by atoms with Crippen molar-refractivity contribution < 1.29 is 19.1 Å². The van der Waals surface area contributed by atoms with Crippen LogP contribution in [0, 0.1) is 0 Å². The van der Waals surface area contributed by atoms with E-state index >= 15 is 0 Å². The molecule has 1 amide bonds. The Labute approximate surface area is 179 Å². The molecule has 152 valence electrons. The minimum absolute atomic E-state index is 0.0652. The molecule has 2 heterocycles. The normalized spacial score (nSPS) is 10.6. The van der Waals surface area contributed by atoms with Crippen molar-refractivity contribution in [2.45, 2.75) is 18.2 Å². The van der Waals surface area contributed by atoms with Crippen molar-refractivity contribution >= 4 is 51.7 Å². The van der Waals surface area contributed by atoms with E-state index in [9.17, 15) is 9.59 Å². The second-order valence-corrected chi connectivity index (χ2v) is 7.78. The van der Waals surface area contributed by atoms with Crippen LogP contribution in [0.15, 0.2) is 34.8 Å². The summed E-state index contributed by atoms with van der Waals surface area (Å²) in [7, 11) is 1.31. The van der Waals surface area contributed by atoms with Gasteiger partial charge in [0.1, 0.15) is 12.4 Å². The van der Waals surface area contributed by atoms with Gasteiger partial charge < -0.3 is 14.8 Å². The number of aromatic amines is 1. The molecule has 2 aromatic heterocycles. The highest BCUT2D eigenvalue weighted by molar-refractivity contribution is 7.99. The molecule has 0 aliphatic carbocycles. The Bertz CT molecular complexity index is 976. The molecule has 1 aromatic carbocycles. The Balaban J connectivity index is 1.42. The van der Waals surface area contributed by atoms with Crippen molar-refractivity contribution in [3.05, 3.63) is 46.2 Å². The van der Waals surface area contributed by atoms with Crippen molar-refractivity contribution in [1.82, 2.24) is 20.2 Å². The first-order valence-electron chi connectivity index (χ1n) is 8.25. The molecule has 12 heteroatoms. The summed E-state index contributed by atoms with van der Waals surface area (Å²) >= 11 is 8.25. The third kappa shape index (κ3) is 6.73. The van der Waals surface area contributed by atoms with Gasteiger partial charge in [0.15, 0.2) is 11.0 Å². The molecule has 0 spiro atoms. The van der Waals surface area contributed by atoms with Crippen LogP contribution in [0.2, 0.25) is 5.02 Å². The van der Waals surface area contributed by atoms with Crippen LogP contribution < -0.4 is 10.1 Å². The van der Waals surface area contributed by atoms with E-state index in [0.29, 0.717) is 32.6 Å². The molecule has 0 aliphatic heterocycles. The molecule has 0 saturated heterocycles. The number of thiazole rings is 1. The lowest BCUT2D eigenvalue weighted by molar-refractivity contribution is -0.139. The first-order valence-corrected chi connectivity index (χ1v) is 10.5. The van der Waals surface area contributed by atoms with Gasteiger partial charge in [-0.2, -0.15) is 0 Å². The van der Waals surface area contributed by atoms with E-state index in [-0.39, 0.29) is 30.7 Å². The van der Waals surface area contributed by atoms with Crippen molar-refractivity contribution in [3.63, 3.8) is 0 Å². The number of hydrogen-bond acceptors (Lipinski definition) is 9. The number of anilines is 1. The summed E-state index contributed by atoms with van der Waals surface area (Å²) in [6.45, 7) is 0.212. The van der Waals surface area contributed by atoms with Crippen LogP contribution in [0.1, 0.15) is 11.5 Å². The molecule has 0 saturated carbocycles. The number of halogens is 1. The van der Waals surface area contributed by atoms with Gasteiger partial charge in [-0.25, -0.2) is 9.97 Å². The second kappa shape index (κ2) is 10.2. The fraction of sp³-hybridized carbons (Fsp3) is 0.235. The molecule has 0 atom stereocenters. The number of carbonyl (C=O) groups is 2. The van der Waals surface area contributed by atoms with Gasteiger partial charge in [-0.1, -0.05) is 23.4 Å². The monoisotopic (exact) mass is 453 g/mol. The third-order valence-corrected chi connectivity index (χ3v) is 5.29. The van der Waals surface area contributed by atoms with E-state index in [2.05, 4.69) is 30.2 Å². The predicted molar refractivity (Wildman–Crippen MR) is 109 cm³/mol. The fourth-order valence-electron chi connectivity index (χ4n) is 2.04. The number of hydrogen-bond donors (Lipinski definition) is 2. The molecule has 3 rings (SSSR count). The van der Waals surface area contributed by atoms with Gasteiger partial charge in [-0.3, -0.25) is 14.7 Å². The first-order chi connectivity index (χ1) is 14.0. The van der Waals surface area contributed by atoms with Gasteiger partial charge in [-0.05, 0) is 24.3 Å². The van der Waals surface area contributed by atoms with Crippen LogP contribution >= 0.6 is 34.7 Å². The number of methoxy groups -OCH3 is 1. The summed E-state index contributed by atoms with van der Waals surface area (Å²) in [5.41, 5.74) is 0.545. The van der Waals surface area contributed by atoms with Crippen molar-refractivity contribution in [2.24, 2.45) is 0 Å². The molecule has 0 fully saturated rings. The van der Waals surface area contributed by atoms with Crippen LogP contribution in [-0.4, -0.2) is 44.9 Å². The SMILES string of the molecule is COC(=O)Cc1csc(NC(=O)CSc2n[nH]c(COc3ccc(Cl)cc3)n2)n1. The largest absolute Gasteiger partial charge is 0.486 e. The number of H-pyrrole nitrogens is 1. The van der Waals surface area contributed by atoms with E-state index < -0.39 is 0 Å². The third-order valence-electron chi connectivity index (χ3n) is 3.38. The lowest BCUT2D eigenvalue weighted by Crippen LogP contribution is -2.14. The zero-order valence-corrected chi connectivity index (χ0v) is 17.6. The quantitative estimate of drug-likeness (QED) is 0.375. The average molecular weight is 454 g/mol. The molecule has 0 radical (unpaired) electrons. The van der Waals surface area contributed by atoms with Gasteiger partial charge in [0.25, 0.3) is 0 Å². The van der Waals surface area contributed by atoms with Crippen LogP contribution in [-0.2, 0) is 27.4 Å². The fourth-order valence-corrected chi connectivity index (χ4v) is 3.51. The minimum atomic E-state index is -0.385. The molecule has 9 nitrogen and oxygen atoms in total. The van der Waals surface area contributed by atoms with Gasteiger partial charge in [0, 0.05) is 10.4 Å². The van der Waals surface area contributed by atoms with E-state index in [0.717, 1.165) is 0 Å². The first kappa shape index (κ1) is 21.1. The maximum Gasteiger partial charge on any atom is 0.311 e. The number of nitrogens with one attached hydrogen (secondary N) is 2. The summed E-state index contributed by atoms with van der Waals surface area (Å²) in [6.07, 6.45) is 0.0652. The Morgan fingerprint density at radius 1 is 1.28 bits per heavy atom. The molecule has 29 heavy (non-hydrogen) atoms. The minimum Gasteiger partial charge on any atom is -0.486 e. The molecular weight excluding hydrogens is 438 g/mol. The topological polar surface area (TPSA) is 119 Å². The molecule has 0 aliphatic rings. The lowest BCUT2D eigenvalue weighted by atomic mass is 10.3. The number of carbonyl (C=O) groups excluding carboxylic acids is 2. The van der Waals surface area contributed by atoms with Crippen LogP contribution in [0.25, 0.3) is 0 Å². The maximum absolute atomic E-state index is 12.1. The Morgan fingerprint density at radius 2 is 2.07 bits per heavy atom. The molecule has 0 unspecified atom stereocenters. The van der Waals surface area contributed by atoms with E-state index in [1.165, 1.54) is 30.2 Å². The highest BCUT2D eigenvalue weighted by atomic mass is 35.5. The number of nitrogens with zero attached hydrogens (tertiary/aromatic N) is 3. The van der Waals surface area contributed by atoms with Crippen LogP contribution in [0.3, 0.4) is 0 Å². The molecule has 2 N–H and O–H groups in total. The van der Waals surface area contributed by atoms with Crippen LogP contribution in [0.5, 0.6) is 5.75 Å². The van der Waals surface area contributed by atoms with Gasteiger partial charge in [0.05, 0.1) is 25.0 Å². The number of amides is 1. The summed E-state index contributed by atoms with van der Waals surface area (Å²) in [6, 6.07) is 6.98. The number of rotatable bonds is 9. The molecule has 3 aromatic rings. The number of benzene rings is 1. The van der Waals surface area contributed by atoms with E-state index in [1.54, 1.807) is 29.6 Å². The number of esters is 1. The highest BCUT2D eigenvalue weighted by Gasteiger charge is 2.12. The molecule has 0 bridgehead atoms. The summed E-state index contributed by atoms with van der Waals surface area (Å²) in [5, 5.41) is 12.7. The predicted octanol–water partition coefficient (Wildman–Crippen LogP) is 2.94. The van der Waals surface area contributed by atoms with Gasteiger partial charge in [-0.15, -0.1) is 16.4 Å². The zero-order chi connectivity index (χ0) is 20.6. The van der Waals surface area contributed by atoms with E-state index in [1.807, 2.05) is 0 Å². The number of aromatic nitrogens is 4. The smallest absolute Gasteiger partial charge is 0.311 e. The Kier molecular flexibility index (Phi) is 7.44. The van der Waals surface area contributed by atoms with Crippen LogP contribution in [0.4, 0.5) is 5.13 Å². The maximum atomic E-state index is 12.1. The zero-order valence-electron chi connectivity index (χ0n) is 15.2. The summed E-state index contributed by atoms with van der Waals surface area (Å²) in [5.74, 6) is 0.674.